The minimum atomic E-state index is -3.34. The van der Waals surface area contributed by atoms with Gasteiger partial charge in [0, 0.05) is 18.0 Å². The average Bonchev–Trinajstić information content (AvgIpc) is 2.49. The van der Waals surface area contributed by atoms with Crippen LogP contribution in [0.5, 0.6) is 0 Å². The Balaban J connectivity index is 1.43. The third-order valence-corrected chi connectivity index (χ3v) is 8.66. The molecular weight excluding hydrogens is 360 g/mol. The predicted molar refractivity (Wildman–Crippen MR) is 97.9 cm³/mol. The molecule has 1 aliphatic heterocycles. The van der Waals surface area contributed by atoms with Gasteiger partial charge in [-0.15, -0.1) is 11.6 Å². The number of hydrogen-bond donors (Lipinski definition) is 1. The number of sulfonamides is 1. The summed E-state index contributed by atoms with van der Waals surface area (Å²) < 4.78 is 25.4. The van der Waals surface area contributed by atoms with Gasteiger partial charge in [0.15, 0.2) is 0 Å². The zero-order valence-corrected chi connectivity index (χ0v) is 16.5. The molecule has 3 atom stereocenters. The highest BCUT2D eigenvalue weighted by molar-refractivity contribution is 7.88. The van der Waals surface area contributed by atoms with Crippen LogP contribution < -0.4 is 5.32 Å². The Morgan fingerprint density at radius 1 is 1.20 bits per heavy atom. The van der Waals surface area contributed by atoms with Crippen molar-refractivity contribution in [1.82, 2.24) is 9.62 Å². The Bertz CT molecular complexity index is 651. The van der Waals surface area contributed by atoms with Crippen LogP contribution in [-0.4, -0.2) is 48.9 Å². The summed E-state index contributed by atoms with van der Waals surface area (Å²) in [7, 11) is -3.34. The number of piperidine rings is 1. The highest BCUT2D eigenvalue weighted by atomic mass is 35.5. The number of alkyl halides is 1. The van der Waals surface area contributed by atoms with E-state index in [0.29, 0.717) is 31.3 Å². The summed E-state index contributed by atoms with van der Waals surface area (Å²) in [6.07, 6.45) is 10.5. The second-order valence-corrected chi connectivity index (χ2v) is 12.0. The molecule has 5 nitrogen and oxygen atoms in total. The van der Waals surface area contributed by atoms with Gasteiger partial charge in [0.25, 0.3) is 0 Å². The topological polar surface area (TPSA) is 66.5 Å². The zero-order valence-electron chi connectivity index (χ0n) is 15.0. The number of amides is 1. The molecule has 0 aromatic heterocycles. The first-order valence-electron chi connectivity index (χ1n) is 9.62. The molecule has 0 aromatic rings. The van der Waals surface area contributed by atoms with Crippen molar-refractivity contribution in [3.63, 3.8) is 0 Å². The van der Waals surface area contributed by atoms with Crippen LogP contribution in [0.1, 0.15) is 57.8 Å². The van der Waals surface area contributed by atoms with Crippen molar-refractivity contribution in [3.8, 4) is 0 Å². The molecular formula is C18H29ClN2O3S. The molecule has 5 aliphatic rings. The number of halogens is 1. The van der Waals surface area contributed by atoms with Gasteiger partial charge < -0.3 is 5.32 Å². The Labute approximate surface area is 155 Å². The van der Waals surface area contributed by atoms with Crippen LogP contribution in [0, 0.1) is 17.3 Å². The Morgan fingerprint density at radius 2 is 1.88 bits per heavy atom. The van der Waals surface area contributed by atoms with Crippen LogP contribution in [-0.2, 0) is 14.8 Å². The number of carbonyl (C=O) groups is 1. The minimum Gasteiger partial charge on any atom is -0.354 e. The second-order valence-electron chi connectivity index (χ2n) is 9.22. The molecule has 0 radical (unpaired) electrons. The van der Waals surface area contributed by atoms with Crippen LogP contribution >= 0.6 is 11.6 Å². The van der Waals surface area contributed by atoms with Gasteiger partial charge in [-0.3, -0.25) is 4.79 Å². The molecule has 4 bridgehead atoms. The largest absolute Gasteiger partial charge is 0.354 e. The lowest BCUT2D eigenvalue weighted by molar-refractivity contribution is -0.127. The Hall–Kier alpha value is -0.330. The third kappa shape index (κ3) is 3.46. The summed E-state index contributed by atoms with van der Waals surface area (Å²) in [6, 6.07) is -0.539. The summed E-state index contributed by atoms with van der Waals surface area (Å²) in [5.41, 5.74) is 0.131. The highest BCUT2D eigenvalue weighted by Crippen LogP contribution is 2.63. The van der Waals surface area contributed by atoms with Crippen molar-refractivity contribution in [2.24, 2.45) is 17.3 Å². The lowest BCUT2D eigenvalue weighted by atomic mass is 9.49. The van der Waals surface area contributed by atoms with Crippen LogP contribution in [0.2, 0.25) is 0 Å². The SMILES string of the molecule is CS(=O)(=O)N1CCCC[C@@H]1C(=O)NCC12C[C@H]3C[C@@H](CC(Cl)(C3)C1)C2. The molecule has 0 spiro atoms. The third-order valence-electron chi connectivity index (χ3n) is 6.93. The van der Waals surface area contributed by atoms with Crippen molar-refractivity contribution >= 4 is 27.5 Å². The fourth-order valence-electron chi connectivity index (χ4n) is 6.50. The van der Waals surface area contributed by atoms with Crippen LogP contribution in [0.3, 0.4) is 0 Å². The molecule has 1 N–H and O–H groups in total. The number of nitrogens with zero attached hydrogens (tertiary/aromatic N) is 1. The van der Waals surface area contributed by atoms with Gasteiger partial charge in [0.05, 0.1) is 6.26 Å². The van der Waals surface area contributed by atoms with Crippen LogP contribution in [0.15, 0.2) is 0 Å². The first-order valence-corrected chi connectivity index (χ1v) is 11.8. The number of nitrogens with one attached hydrogen (secondary N) is 1. The van der Waals surface area contributed by atoms with Gasteiger partial charge in [0.1, 0.15) is 6.04 Å². The maximum atomic E-state index is 12.8. The fourth-order valence-corrected chi connectivity index (χ4v) is 8.34. The fraction of sp³-hybridized carbons (Fsp3) is 0.944. The van der Waals surface area contributed by atoms with Gasteiger partial charge in [-0.2, -0.15) is 4.31 Å². The Kier molecular flexibility index (Phi) is 4.40. The van der Waals surface area contributed by atoms with Crippen molar-refractivity contribution in [1.29, 1.82) is 0 Å². The van der Waals surface area contributed by atoms with Gasteiger partial charge in [0.2, 0.25) is 15.9 Å². The standard InChI is InChI=1S/C18H29ClN2O3S/c1-25(23,24)21-5-3-2-4-15(21)16(22)20-12-17-7-13-6-14(8-17)10-18(19,9-13)11-17/h13-15H,2-12H2,1H3,(H,20,22)/t13-,14-,15-,17?,18?/m1/s1. The molecule has 1 heterocycles. The van der Waals surface area contributed by atoms with Gasteiger partial charge >= 0.3 is 0 Å². The van der Waals surface area contributed by atoms with Crippen molar-refractivity contribution < 1.29 is 13.2 Å². The monoisotopic (exact) mass is 388 g/mol. The highest BCUT2D eigenvalue weighted by Gasteiger charge is 2.57. The van der Waals surface area contributed by atoms with Crippen LogP contribution in [0.4, 0.5) is 0 Å². The minimum absolute atomic E-state index is 0.0571. The first-order chi connectivity index (χ1) is 11.7. The van der Waals surface area contributed by atoms with E-state index in [1.165, 1.54) is 29.8 Å². The van der Waals surface area contributed by atoms with Crippen molar-refractivity contribution in [2.45, 2.75) is 68.7 Å². The summed E-state index contributed by atoms with van der Waals surface area (Å²) in [5.74, 6) is 1.29. The lowest BCUT2D eigenvalue weighted by Crippen LogP contribution is -2.58. The first kappa shape index (κ1) is 18.1. The second kappa shape index (κ2) is 6.10. The molecule has 25 heavy (non-hydrogen) atoms. The quantitative estimate of drug-likeness (QED) is 0.752. The molecule has 5 rings (SSSR count). The molecule has 4 aliphatic carbocycles. The predicted octanol–water partition coefficient (Wildman–Crippen LogP) is 2.49. The molecule has 142 valence electrons. The average molecular weight is 389 g/mol. The molecule has 0 unspecified atom stereocenters. The number of carbonyl (C=O) groups excluding carboxylic acids is 1. The Morgan fingerprint density at radius 3 is 2.48 bits per heavy atom. The zero-order chi connectivity index (χ0) is 17.9. The van der Waals surface area contributed by atoms with E-state index in [9.17, 15) is 13.2 Å². The van der Waals surface area contributed by atoms with Gasteiger partial charge in [-0.05, 0) is 68.6 Å². The number of rotatable bonds is 4. The number of hydrogen-bond acceptors (Lipinski definition) is 3. The van der Waals surface area contributed by atoms with Crippen LogP contribution in [0.25, 0.3) is 0 Å². The summed E-state index contributed by atoms with van der Waals surface area (Å²) in [6.45, 7) is 1.11. The molecule has 1 amide bonds. The molecule has 7 heteroatoms. The van der Waals surface area contributed by atoms with E-state index in [1.807, 2.05) is 0 Å². The van der Waals surface area contributed by atoms with E-state index in [4.69, 9.17) is 11.6 Å². The van der Waals surface area contributed by atoms with E-state index < -0.39 is 16.1 Å². The van der Waals surface area contributed by atoms with E-state index in [-0.39, 0.29) is 16.2 Å². The maximum Gasteiger partial charge on any atom is 0.238 e. The summed E-state index contributed by atoms with van der Waals surface area (Å²) in [4.78, 5) is 12.7. The molecule has 4 saturated carbocycles. The molecule has 1 saturated heterocycles. The lowest BCUT2D eigenvalue weighted by Gasteiger charge is -2.60. The maximum absolute atomic E-state index is 12.8. The van der Waals surface area contributed by atoms with Crippen molar-refractivity contribution in [2.75, 3.05) is 19.3 Å². The van der Waals surface area contributed by atoms with E-state index in [0.717, 1.165) is 32.1 Å². The van der Waals surface area contributed by atoms with Gasteiger partial charge in [-0.25, -0.2) is 8.42 Å². The smallest absolute Gasteiger partial charge is 0.238 e. The van der Waals surface area contributed by atoms with Gasteiger partial charge in [-0.1, -0.05) is 6.42 Å². The van der Waals surface area contributed by atoms with Crippen molar-refractivity contribution in [3.05, 3.63) is 0 Å². The molecule has 5 fully saturated rings. The van der Waals surface area contributed by atoms with E-state index >= 15 is 0 Å². The summed E-state index contributed by atoms with van der Waals surface area (Å²) >= 11 is 6.87. The summed E-state index contributed by atoms with van der Waals surface area (Å²) in [5, 5.41) is 3.13. The molecule has 0 aromatic carbocycles. The van der Waals surface area contributed by atoms with E-state index in [1.54, 1.807) is 0 Å². The van der Waals surface area contributed by atoms with E-state index in [2.05, 4.69) is 5.32 Å². The normalized spacial score (nSPS) is 44.0.